The van der Waals surface area contributed by atoms with E-state index in [0.29, 0.717) is 21.9 Å². The molecule has 4 aromatic rings. The molecule has 6 nitrogen and oxygen atoms in total. The van der Waals surface area contributed by atoms with Crippen molar-refractivity contribution < 1.29 is 4.79 Å². The summed E-state index contributed by atoms with van der Waals surface area (Å²) in [6.45, 7) is 8.42. The van der Waals surface area contributed by atoms with Crippen molar-refractivity contribution in [2.24, 2.45) is 0 Å². The highest BCUT2D eigenvalue weighted by atomic mass is 32.2. The molecule has 0 aliphatic carbocycles. The van der Waals surface area contributed by atoms with E-state index in [2.05, 4.69) is 29.4 Å². The minimum absolute atomic E-state index is 0.0838. The third kappa shape index (κ3) is 4.86. The van der Waals surface area contributed by atoms with E-state index in [-0.39, 0.29) is 28.7 Å². The lowest BCUT2D eigenvalue weighted by Gasteiger charge is -2.21. The van der Waals surface area contributed by atoms with Gasteiger partial charge in [0.15, 0.2) is 5.16 Å². The highest BCUT2D eigenvalue weighted by molar-refractivity contribution is 7.99. The van der Waals surface area contributed by atoms with Gasteiger partial charge in [-0.2, -0.15) is 0 Å². The Morgan fingerprint density at radius 1 is 1.19 bits per heavy atom. The summed E-state index contributed by atoms with van der Waals surface area (Å²) in [7, 11) is 0. The van der Waals surface area contributed by atoms with Crippen molar-refractivity contribution in [1.82, 2.24) is 19.9 Å². The van der Waals surface area contributed by atoms with Crippen LogP contribution in [0.3, 0.4) is 0 Å². The lowest BCUT2D eigenvalue weighted by molar-refractivity contribution is -0.119. The first-order chi connectivity index (χ1) is 15.2. The van der Waals surface area contributed by atoms with Crippen LogP contribution in [0.5, 0.6) is 0 Å². The summed E-state index contributed by atoms with van der Waals surface area (Å²) >= 11 is 2.67. The molecule has 0 saturated carbocycles. The number of rotatable bonds is 6. The van der Waals surface area contributed by atoms with Gasteiger partial charge in [-0.3, -0.25) is 14.2 Å². The van der Waals surface area contributed by atoms with Crippen LogP contribution in [0.1, 0.15) is 39.2 Å². The lowest BCUT2D eigenvalue weighted by atomic mass is 10.0. The van der Waals surface area contributed by atoms with E-state index in [1.807, 2.05) is 51.1 Å². The number of hydrogen-bond acceptors (Lipinski definition) is 6. The van der Waals surface area contributed by atoms with Crippen LogP contribution in [0.2, 0.25) is 0 Å². The number of thiophene rings is 1. The maximum Gasteiger partial charge on any atom is 0.272 e. The Kier molecular flexibility index (Phi) is 6.35. The van der Waals surface area contributed by atoms with Gasteiger partial charge in [-0.15, -0.1) is 11.3 Å². The normalized spacial score (nSPS) is 12.9. The van der Waals surface area contributed by atoms with Crippen LogP contribution in [0.4, 0.5) is 0 Å². The van der Waals surface area contributed by atoms with E-state index in [4.69, 9.17) is 4.98 Å². The number of fused-ring (bicyclic) bond motifs is 3. The number of carbonyl (C=O) groups is 1. The van der Waals surface area contributed by atoms with Crippen LogP contribution < -0.4 is 10.9 Å². The Labute approximate surface area is 195 Å². The quantitative estimate of drug-likeness (QED) is 0.326. The number of carbonyl (C=O) groups excluding carboxylic acids is 1. The minimum Gasteiger partial charge on any atom is -0.351 e. The number of amides is 1. The summed E-state index contributed by atoms with van der Waals surface area (Å²) in [6, 6.07) is 13.9. The Morgan fingerprint density at radius 3 is 2.66 bits per heavy atom. The molecule has 4 rings (SSSR count). The largest absolute Gasteiger partial charge is 0.351 e. The van der Waals surface area contributed by atoms with Crippen molar-refractivity contribution >= 4 is 49.4 Å². The number of nitrogens with zero attached hydrogens (tertiary/aromatic N) is 3. The molecule has 8 heteroatoms. The van der Waals surface area contributed by atoms with E-state index in [0.717, 1.165) is 15.8 Å². The summed E-state index contributed by atoms with van der Waals surface area (Å²) in [5.74, 6) is 0.217. The van der Waals surface area contributed by atoms with Crippen LogP contribution in [-0.4, -0.2) is 31.7 Å². The molecule has 0 aliphatic rings. The van der Waals surface area contributed by atoms with Crippen LogP contribution in [-0.2, 0) is 11.3 Å². The molecule has 0 saturated heterocycles. The number of nitrogens with one attached hydrogen (secondary N) is 1. The first kappa shape index (κ1) is 22.5. The lowest BCUT2D eigenvalue weighted by Crippen LogP contribution is -2.41. The van der Waals surface area contributed by atoms with Crippen LogP contribution in [0, 0.1) is 0 Å². The van der Waals surface area contributed by atoms with E-state index in [1.165, 1.54) is 23.1 Å². The predicted molar refractivity (Wildman–Crippen MR) is 133 cm³/mol. The van der Waals surface area contributed by atoms with Gasteiger partial charge in [-0.1, -0.05) is 49.0 Å². The number of benzene rings is 1. The topological polar surface area (TPSA) is 76.9 Å². The fourth-order valence-corrected chi connectivity index (χ4v) is 5.39. The summed E-state index contributed by atoms with van der Waals surface area (Å²) in [6.07, 6.45) is 1.72. The fraction of sp³-hybridized carbons (Fsp3) is 0.333. The van der Waals surface area contributed by atoms with Crippen LogP contribution >= 0.6 is 23.1 Å². The molecule has 1 aromatic carbocycles. The van der Waals surface area contributed by atoms with Crippen LogP contribution in [0.25, 0.3) is 20.4 Å². The second-order valence-electron chi connectivity index (χ2n) is 8.84. The van der Waals surface area contributed by atoms with Crippen molar-refractivity contribution in [3.8, 4) is 0 Å². The van der Waals surface area contributed by atoms with Crippen LogP contribution in [0.15, 0.2) is 58.6 Å². The Morgan fingerprint density at radius 2 is 1.94 bits per heavy atom. The smallest absolute Gasteiger partial charge is 0.272 e. The van der Waals surface area contributed by atoms with Gasteiger partial charge in [-0.05, 0) is 44.4 Å². The van der Waals surface area contributed by atoms with E-state index < -0.39 is 0 Å². The molecule has 1 amide bonds. The molecule has 0 bridgehead atoms. The number of hydrogen-bond donors (Lipinski definition) is 1. The van der Waals surface area contributed by atoms with Gasteiger partial charge in [0.05, 0.1) is 11.3 Å². The number of aromatic nitrogens is 3. The van der Waals surface area contributed by atoms with Gasteiger partial charge in [0.1, 0.15) is 9.53 Å². The standard InChI is InChI=1S/C24H26N4O2S2/c1-15(16-9-6-5-7-10-16)13-28-22(30)20-19(17-11-8-12-25-21(17)32-20)26-23(28)31-14-18(29)27-24(2,3)4/h5-12,15H,13-14H2,1-4H3,(H,27,29)/t15-/m1/s1. The number of pyridine rings is 1. The highest BCUT2D eigenvalue weighted by Crippen LogP contribution is 2.31. The summed E-state index contributed by atoms with van der Waals surface area (Å²) in [5, 5.41) is 4.39. The molecule has 166 valence electrons. The maximum atomic E-state index is 13.6. The van der Waals surface area contributed by atoms with Gasteiger partial charge in [0.25, 0.3) is 5.56 Å². The van der Waals surface area contributed by atoms with Gasteiger partial charge in [-0.25, -0.2) is 9.97 Å². The zero-order valence-electron chi connectivity index (χ0n) is 18.6. The van der Waals surface area contributed by atoms with E-state index in [9.17, 15) is 9.59 Å². The van der Waals surface area contributed by atoms with Crippen molar-refractivity contribution in [3.05, 3.63) is 64.6 Å². The molecule has 32 heavy (non-hydrogen) atoms. The Bertz CT molecular complexity index is 1320. The molecule has 0 unspecified atom stereocenters. The SMILES string of the molecule is C[C@H](Cn1c(SCC(=O)NC(C)(C)C)nc2c(sc3ncccc32)c1=O)c1ccccc1. The molecule has 3 aromatic heterocycles. The van der Waals surface area contributed by atoms with Gasteiger partial charge in [0, 0.05) is 23.7 Å². The first-order valence-corrected chi connectivity index (χ1v) is 12.3. The molecule has 1 N–H and O–H groups in total. The monoisotopic (exact) mass is 466 g/mol. The average Bonchev–Trinajstić information content (AvgIpc) is 3.13. The second-order valence-corrected chi connectivity index (χ2v) is 10.8. The molecular weight excluding hydrogens is 440 g/mol. The second kappa shape index (κ2) is 9.03. The molecule has 0 spiro atoms. The summed E-state index contributed by atoms with van der Waals surface area (Å²) < 4.78 is 2.31. The summed E-state index contributed by atoms with van der Waals surface area (Å²) in [4.78, 5) is 36.0. The molecule has 1 atom stereocenters. The van der Waals surface area contributed by atoms with Crippen molar-refractivity contribution in [2.45, 2.75) is 50.9 Å². The van der Waals surface area contributed by atoms with Gasteiger partial charge < -0.3 is 5.32 Å². The zero-order valence-corrected chi connectivity index (χ0v) is 20.2. The van der Waals surface area contributed by atoms with Gasteiger partial charge >= 0.3 is 0 Å². The van der Waals surface area contributed by atoms with E-state index in [1.54, 1.807) is 10.8 Å². The van der Waals surface area contributed by atoms with Crippen molar-refractivity contribution in [1.29, 1.82) is 0 Å². The fourth-order valence-electron chi connectivity index (χ4n) is 3.56. The molecular formula is C24H26N4O2S2. The molecule has 0 aliphatic heterocycles. The summed E-state index contributed by atoms with van der Waals surface area (Å²) in [5.41, 5.74) is 1.41. The third-order valence-electron chi connectivity index (χ3n) is 4.99. The predicted octanol–water partition coefficient (Wildman–Crippen LogP) is 4.82. The van der Waals surface area contributed by atoms with Gasteiger partial charge in [0.2, 0.25) is 5.91 Å². The first-order valence-electron chi connectivity index (χ1n) is 10.5. The average molecular weight is 467 g/mol. The molecule has 3 heterocycles. The molecule has 0 fully saturated rings. The zero-order chi connectivity index (χ0) is 22.9. The van der Waals surface area contributed by atoms with Crippen molar-refractivity contribution in [2.75, 3.05) is 5.75 Å². The Hall–Kier alpha value is -2.71. The van der Waals surface area contributed by atoms with E-state index >= 15 is 0 Å². The maximum absolute atomic E-state index is 13.6. The number of thioether (sulfide) groups is 1. The Balaban J connectivity index is 1.75. The highest BCUT2D eigenvalue weighted by Gasteiger charge is 2.20. The minimum atomic E-state index is -0.314. The third-order valence-corrected chi connectivity index (χ3v) is 7.06. The molecule has 0 radical (unpaired) electrons. The van der Waals surface area contributed by atoms with Crippen molar-refractivity contribution in [3.63, 3.8) is 0 Å².